The summed E-state index contributed by atoms with van der Waals surface area (Å²) in [6, 6.07) is 15.2. The van der Waals surface area contributed by atoms with E-state index in [1.54, 1.807) is 24.5 Å². The molecule has 0 aliphatic carbocycles. The molecule has 4 aromatic rings. The van der Waals surface area contributed by atoms with E-state index in [1.807, 2.05) is 54.2 Å². The Balaban J connectivity index is 1.88. The van der Waals surface area contributed by atoms with Crippen molar-refractivity contribution in [2.24, 2.45) is 0 Å². The number of pyridine rings is 1. The second-order valence-electron chi connectivity index (χ2n) is 7.31. The summed E-state index contributed by atoms with van der Waals surface area (Å²) in [5, 5.41) is 0. The molecule has 0 amide bonds. The molecular weight excluding hydrogens is 404 g/mol. The maximum atomic E-state index is 13.7. The fourth-order valence-corrected chi connectivity index (χ4v) is 3.70. The van der Waals surface area contributed by atoms with Crippen molar-refractivity contribution in [2.45, 2.75) is 6.92 Å². The Bertz CT molecular complexity index is 1240. The van der Waals surface area contributed by atoms with E-state index in [2.05, 4.69) is 11.1 Å². The predicted molar refractivity (Wildman–Crippen MR) is 123 cm³/mol. The van der Waals surface area contributed by atoms with Crippen LogP contribution in [-0.2, 0) is 0 Å². The molecule has 0 aliphatic rings. The molecule has 0 fully saturated rings. The molecule has 4 rings (SSSR count). The quantitative estimate of drug-likeness (QED) is 0.383. The summed E-state index contributed by atoms with van der Waals surface area (Å²) in [6.07, 6.45) is 7.26. The van der Waals surface area contributed by atoms with Crippen LogP contribution in [0.25, 0.3) is 16.8 Å². The van der Waals surface area contributed by atoms with Gasteiger partial charge in [-0.2, -0.15) is 0 Å². The fraction of sp³-hybridized carbons (Fsp3) is 0.154. The van der Waals surface area contributed by atoms with Crippen molar-refractivity contribution in [3.63, 3.8) is 0 Å². The highest BCUT2D eigenvalue weighted by Crippen LogP contribution is 2.39. The van der Waals surface area contributed by atoms with Gasteiger partial charge in [0.25, 0.3) is 0 Å². The molecule has 0 atom stereocenters. The lowest BCUT2D eigenvalue weighted by Gasteiger charge is -2.14. The Kier molecular flexibility index (Phi) is 5.94. The molecule has 6 nitrogen and oxygen atoms in total. The summed E-state index contributed by atoms with van der Waals surface area (Å²) in [5.41, 5.74) is 4.84. The molecule has 6 heteroatoms. The Morgan fingerprint density at radius 3 is 2.16 bits per heavy atom. The second kappa shape index (κ2) is 8.98. The number of benzene rings is 2. The minimum Gasteiger partial charge on any atom is -0.493 e. The molecule has 0 saturated carbocycles. The van der Waals surface area contributed by atoms with Gasteiger partial charge in [-0.15, -0.1) is 0 Å². The largest absolute Gasteiger partial charge is 0.493 e. The third-order valence-electron chi connectivity index (χ3n) is 5.29. The molecule has 0 unspecified atom stereocenters. The highest BCUT2D eigenvalue weighted by molar-refractivity contribution is 6.13. The highest BCUT2D eigenvalue weighted by atomic mass is 16.5. The van der Waals surface area contributed by atoms with E-state index in [9.17, 15) is 4.79 Å². The van der Waals surface area contributed by atoms with Gasteiger partial charge in [0.05, 0.1) is 21.3 Å². The third-order valence-corrected chi connectivity index (χ3v) is 5.29. The van der Waals surface area contributed by atoms with E-state index in [1.165, 1.54) is 21.3 Å². The highest BCUT2D eigenvalue weighted by Gasteiger charge is 2.22. The Morgan fingerprint density at radius 1 is 0.875 bits per heavy atom. The smallest absolute Gasteiger partial charge is 0.203 e. The Labute approximate surface area is 187 Å². The van der Waals surface area contributed by atoms with Crippen LogP contribution in [0.4, 0.5) is 0 Å². The number of hydrogen-bond donors (Lipinski definition) is 0. The lowest BCUT2D eigenvalue weighted by Crippen LogP contribution is -2.04. The molecule has 32 heavy (non-hydrogen) atoms. The van der Waals surface area contributed by atoms with Crippen LogP contribution in [0, 0.1) is 6.92 Å². The first kappa shape index (κ1) is 21.2. The molecule has 0 bridgehead atoms. The molecule has 0 spiro atoms. The number of methoxy groups -OCH3 is 3. The number of nitrogens with zero attached hydrogens (tertiary/aromatic N) is 2. The lowest BCUT2D eigenvalue weighted by molar-refractivity contribution is 0.103. The Morgan fingerprint density at radius 2 is 1.56 bits per heavy atom. The molecule has 2 aromatic heterocycles. The van der Waals surface area contributed by atoms with Crippen LogP contribution in [0.5, 0.6) is 17.2 Å². The van der Waals surface area contributed by atoms with Crippen LogP contribution < -0.4 is 14.2 Å². The van der Waals surface area contributed by atoms with Crippen LogP contribution in [0.2, 0.25) is 0 Å². The van der Waals surface area contributed by atoms with E-state index in [-0.39, 0.29) is 5.78 Å². The van der Waals surface area contributed by atoms with Crippen molar-refractivity contribution in [1.29, 1.82) is 0 Å². The molecule has 0 radical (unpaired) electrons. The molecule has 2 aromatic carbocycles. The zero-order chi connectivity index (χ0) is 22.7. The summed E-state index contributed by atoms with van der Waals surface area (Å²) in [4.78, 5) is 17.8. The maximum absolute atomic E-state index is 13.7. The van der Waals surface area contributed by atoms with Gasteiger partial charge in [-0.25, -0.2) is 0 Å². The van der Waals surface area contributed by atoms with Gasteiger partial charge in [0.1, 0.15) is 0 Å². The van der Waals surface area contributed by atoms with Crippen LogP contribution in [-0.4, -0.2) is 36.7 Å². The maximum Gasteiger partial charge on any atom is 0.203 e. The number of carbonyl (C=O) groups excluding carboxylic acids is 1. The summed E-state index contributed by atoms with van der Waals surface area (Å²) in [5.74, 6) is 1.15. The zero-order valence-electron chi connectivity index (χ0n) is 18.5. The Hall–Kier alpha value is -4.06. The molecule has 0 saturated heterocycles. The second-order valence-corrected chi connectivity index (χ2v) is 7.31. The number of ketones is 1. The lowest BCUT2D eigenvalue weighted by atomic mass is 9.98. The summed E-state index contributed by atoms with van der Waals surface area (Å²) in [6.45, 7) is 2.04. The molecule has 0 N–H and O–H groups in total. The van der Waals surface area contributed by atoms with E-state index in [0.29, 0.717) is 28.4 Å². The normalized spacial score (nSPS) is 10.6. The van der Waals surface area contributed by atoms with E-state index >= 15 is 0 Å². The third kappa shape index (κ3) is 3.95. The minimum atomic E-state index is -0.150. The number of ether oxygens (including phenoxy) is 3. The van der Waals surface area contributed by atoms with Crippen molar-refractivity contribution < 1.29 is 19.0 Å². The molecule has 162 valence electrons. The van der Waals surface area contributed by atoms with Crippen LogP contribution >= 0.6 is 0 Å². The van der Waals surface area contributed by atoms with Crippen LogP contribution in [0.15, 0.2) is 73.3 Å². The van der Waals surface area contributed by atoms with Crippen molar-refractivity contribution in [3.8, 4) is 34.1 Å². The van der Waals surface area contributed by atoms with Gasteiger partial charge in [0.2, 0.25) is 5.75 Å². The number of aromatic nitrogens is 2. The standard InChI is InChI=1S/C26H24N2O4/c1-17-6-5-7-20(12-17)28-15-21(18-8-10-27-11-9-18)22(16-28)25(29)19-13-23(30-2)26(32-4)24(14-19)31-3/h5-16H,1-4H3. The average molecular weight is 428 g/mol. The molecule has 2 heterocycles. The average Bonchev–Trinajstić information content (AvgIpc) is 3.28. The summed E-state index contributed by atoms with van der Waals surface area (Å²) < 4.78 is 18.2. The van der Waals surface area contributed by atoms with E-state index < -0.39 is 0 Å². The molecular formula is C26H24N2O4. The zero-order valence-corrected chi connectivity index (χ0v) is 18.5. The number of carbonyl (C=O) groups is 1. The van der Waals surface area contributed by atoms with E-state index in [4.69, 9.17) is 14.2 Å². The van der Waals surface area contributed by atoms with Gasteiger partial charge in [-0.3, -0.25) is 9.78 Å². The van der Waals surface area contributed by atoms with Crippen molar-refractivity contribution in [3.05, 3.63) is 90.0 Å². The fourth-order valence-electron chi connectivity index (χ4n) is 3.70. The number of aryl methyl sites for hydroxylation is 1. The van der Waals surface area contributed by atoms with Gasteiger partial charge in [-0.1, -0.05) is 12.1 Å². The first-order valence-electron chi connectivity index (χ1n) is 10.1. The van der Waals surface area contributed by atoms with Gasteiger partial charge in [0, 0.05) is 47.2 Å². The van der Waals surface area contributed by atoms with Gasteiger partial charge >= 0.3 is 0 Å². The van der Waals surface area contributed by atoms with Crippen LogP contribution in [0.3, 0.4) is 0 Å². The van der Waals surface area contributed by atoms with Gasteiger partial charge in [0.15, 0.2) is 17.3 Å². The van der Waals surface area contributed by atoms with Gasteiger partial charge < -0.3 is 18.8 Å². The summed E-state index contributed by atoms with van der Waals surface area (Å²) in [7, 11) is 4.59. The van der Waals surface area contributed by atoms with Crippen molar-refractivity contribution in [2.75, 3.05) is 21.3 Å². The topological polar surface area (TPSA) is 62.6 Å². The van der Waals surface area contributed by atoms with Gasteiger partial charge in [-0.05, 0) is 54.4 Å². The van der Waals surface area contributed by atoms with Crippen molar-refractivity contribution in [1.82, 2.24) is 9.55 Å². The number of rotatable bonds is 7. The van der Waals surface area contributed by atoms with E-state index in [0.717, 1.165) is 22.4 Å². The van der Waals surface area contributed by atoms with Crippen LogP contribution in [0.1, 0.15) is 21.5 Å². The first-order chi connectivity index (χ1) is 15.5. The monoisotopic (exact) mass is 428 g/mol. The first-order valence-corrected chi connectivity index (χ1v) is 10.1. The predicted octanol–water partition coefficient (Wildman–Crippen LogP) is 5.10. The molecule has 0 aliphatic heterocycles. The summed E-state index contributed by atoms with van der Waals surface area (Å²) >= 11 is 0. The SMILES string of the molecule is COc1cc(C(=O)c2cn(-c3cccc(C)c3)cc2-c2ccncc2)cc(OC)c1OC. The number of hydrogen-bond acceptors (Lipinski definition) is 5. The minimum absolute atomic E-state index is 0.150. The van der Waals surface area contributed by atoms with Crippen molar-refractivity contribution >= 4 is 5.78 Å².